The molecule has 9 nitrogen and oxygen atoms in total. The Morgan fingerprint density at radius 1 is 1.20 bits per heavy atom. The average molecular weight is 358 g/mol. The summed E-state index contributed by atoms with van der Waals surface area (Å²) in [5.74, 6) is -2.26. The molecule has 126 valence electrons. The van der Waals surface area contributed by atoms with Crippen molar-refractivity contribution in [1.29, 1.82) is 5.26 Å². The molecule has 1 heterocycles. The van der Waals surface area contributed by atoms with Crippen molar-refractivity contribution in [3.63, 3.8) is 0 Å². The van der Waals surface area contributed by atoms with Crippen LogP contribution in [0.1, 0.15) is 15.2 Å². The van der Waals surface area contributed by atoms with E-state index in [-0.39, 0.29) is 11.3 Å². The highest BCUT2D eigenvalue weighted by Gasteiger charge is 2.18. The quantitative estimate of drug-likeness (QED) is 0.250. The number of rotatable bonds is 4. The van der Waals surface area contributed by atoms with Crippen molar-refractivity contribution in [3.8, 4) is 6.07 Å². The Labute approximate surface area is 144 Å². The Kier molecular flexibility index (Phi) is 5.44. The molecular formula is C15H10N4O5S. The monoisotopic (exact) mass is 358 g/mol. The SMILES string of the molecule is N#C/C(C(=O)NNC(=O)c1cccs1)=C(/O)c1ccc([N+](=O)[O-])cc1. The van der Waals surface area contributed by atoms with Crippen LogP contribution in [0.15, 0.2) is 47.4 Å². The lowest BCUT2D eigenvalue weighted by atomic mass is 10.1. The summed E-state index contributed by atoms with van der Waals surface area (Å²) in [6.07, 6.45) is 0. The van der Waals surface area contributed by atoms with Gasteiger partial charge in [0.05, 0.1) is 9.80 Å². The van der Waals surface area contributed by atoms with Crippen molar-refractivity contribution in [3.05, 3.63) is 67.9 Å². The lowest BCUT2D eigenvalue weighted by molar-refractivity contribution is -0.384. The van der Waals surface area contributed by atoms with Crippen LogP contribution in [-0.2, 0) is 4.79 Å². The van der Waals surface area contributed by atoms with Crippen LogP contribution in [0.3, 0.4) is 0 Å². The van der Waals surface area contributed by atoms with E-state index in [0.29, 0.717) is 4.88 Å². The van der Waals surface area contributed by atoms with Crippen LogP contribution in [0.25, 0.3) is 5.76 Å². The molecule has 0 aliphatic heterocycles. The third-order valence-electron chi connectivity index (χ3n) is 2.96. The Morgan fingerprint density at radius 2 is 1.88 bits per heavy atom. The number of hydrogen-bond donors (Lipinski definition) is 3. The number of hydrazine groups is 1. The molecule has 0 bridgehead atoms. The number of thiophene rings is 1. The normalized spacial score (nSPS) is 11.0. The summed E-state index contributed by atoms with van der Waals surface area (Å²) in [6.45, 7) is 0. The fraction of sp³-hybridized carbons (Fsp3) is 0. The molecule has 25 heavy (non-hydrogen) atoms. The molecule has 0 fully saturated rings. The maximum atomic E-state index is 12.0. The van der Waals surface area contributed by atoms with Crippen LogP contribution in [-0.4, -0.2) is 21.8 Å². The number of nitro groups is 1. The summed E-state index contributed by atoms with van der Waals surface area (Å²) in [5.41, 5.74) is 3.32. The lowest BCUT2D eigenvalue weighted by Crippen LogP contribution is -2.42. The number of nitriles is 1. The molecule has 10 heteroatoms. The smallest absolute Gasteiger partial charge is 0.284 e. The fourth-order valence-electron chi connectivity index (χ4n) is 1.74. The van der Waals surface area contributed by atoms with Gasteiger partial charge in [-0.05, 0) is 23.6 Å². The summed E-state index contributed by atoms with van der Waals surface area (Å²) in [6, 6.07) is 9.37. The summed E-state index contributed by atoms with van der Waals surface area (Å²) in [4.78, 5) is 34.0. The molecule has 2 amide bonds. The molecule has 1 aromatic carbocycles. The van der Waals surface area contributed by atoms with E-state index in [2.05, 4.69) is 5.43 Å². The molecule has 0 radical (unpaired) electrons. The number of hydrogen-bond acceptors (Lipinski definition) is 7. The first-order valence-corrected chi connectivity index (χ1v) is 7.54. The summed E-state index contributed by atoms with van der Waals surface area (Å²) in [5, 5.41) is 31.4. The Balaban J connectivity index is 2.14. The zero-order chi connectivity index (χ0) is 18.4. The number of nitrogens with one attached hydrogen (secondary N) is 2. The van der Waals surface area contributed by atoms with Gasteiger partial charge in [-0.2, -0.15) is 5.26 Å². The molecule has 1 aromatic heterocycles. The first kappa shape index (κ1) is 17.6. The van der Waals surface area contributed by atoms with E-state index < -0.39 is 28.1 Å². The van der Waals surface area contributed by atoms with Gasteiger partial charge in [0.1, 0.15) is 11.8 Å². The minimum atomic E-state index is -1.02. The van der Waals surface area contributed by atoms with E-state index in [9.17, 15) is 24.8 Å². The molecule has 3 N–H and O–H groups in total. The average Bonchev–Trinajstić information content (AvgIpc) is 3.15. The van der Waals surface area contributed by atoms with Gasteiger partial charge >= 0.3 is 0 Å². The lowest BCUT2D eigenvalue weighted by Gasteiger charge is -2.07. The van der Waals surface area contributed by atoms with Gasteiger partial charge < -0.3 is 5.11 Å². The number of benzene rings is 1. The predicted octanol–water partition coefficient (Wildman–Crippen LogP) is 1.91. The summed E-state index contributed by atoms with van der Waals surface area (Å²) >= 11 is 1.16. The molecule has 0 atom stereocenters. The van der Waals surface area contributed by atoms with Crippen molar-refractivity contribution < 1.29 is 19.6 Å². The van der Waals surface area contributed by atoms with E-state index in [1.54, 1.807) is 17.5 Å². The Morgan fingerprint density at radius 3 is 2.40 bits per heavy atom. The standard InChI is InChI=1S/C15H10N4O5S/c16-8-11(13(20)9-3-5-10(6-4-9)19(23)24)14(21)17-18-15(22)12-2-1-7-25-12/h1-7,20H,(H,17,21)(H,18,22)/b13-11-. The third kappa shape index (κ3) is 4.18. The molecule has 2 rings (SSSR count). The second-order valence-corrected chi connectivity index (χ2v) is 5.47. The van der Waals surface area contributed by atoms with Crippen molar-refractivity contribution in [2.75, 3.05) is 0 Å². The summed E-state index contributed by atoms with van der Waals surface area (Å²) in [7, 11) is 0. The van der Waals surface area contributed by atoms with Gasteiger partial charge in [-0.15, -0.1) is 11.3 Å². The highest BCUT2D eigenvalue weighted by Crippen LogP contribution is 2.19. The van der Waals surface area contributed by atoms with E-state index in [0.717, 1.165) is 23.5 Å². The van der Waals surface area contributed by atoms with E-state index in [4.69, 9.17) is 5.26 Å². The zero-order valence-electron chi connectivity index (χ0n) is 12.4. The topological polar surface area (TPSA) is 145 Å². The van der Waals surface area contributed by atoms with Crippen LogP contribution in [0.4, 0.5) is 5.69 Å². The summed E-state index contributed by atoms with van der Waals surface area (Å²) < 4.78 is 0. The maximum Gasteiger partial charge on any atom is 0.284 e. The van der Waals surface area contributed by atoms with Gasteiger partial charge in [0.25, 0.3) is 17.5 Å². The van der Waals surface area contributed by atoms with Crippen molar-refractivity contribution in [1.82, 2.24) is 10.9 Å². The van der Waals surface area contributed by atoms with E-state index >= 15 is 0 Å². The van der Waals surface area contributed by atoms with Crippen LogP contribution in [0.2, 0.25) is 0 Å². The molecule has 0 saturated heterocycles. The number of carbonyl (C=O) groups excluding carboxylic acids is 2. The minimum Gasteiger partial charge on any atom is -0.506 e. The van der Waals surface area contributed by atoms with Gasteiger partial charge in [0.2, 0.25) is 0 Å². The second-order valence-electron chi connectivity index (χ2n) is 4.52. The van der Waals surface area contributed by atoms with Gasteiger partial charge in [-0.3, -0.25) is 30.6 Å². The minimum absolute atomic E-state index is 0.0434. The van der Waals surface area contributed by atoms with E-state index in [1.165, 1.54) is 18.2 Å². The molecule has 0 saturated carbocycles. The first-order valence-electron chi connectivity index (χ1n) is 6.66. The van der Waals surface area contributed by atoms with Crippen molar-refractivity contribution in [2.45, 2.75) is 0 Å². The van der Waals surface area contributed by atoms with Crippen molar-refractivity contribution in [2.24, 2.45) is 0 Å². The predicted molar refractivity (Wildman–Crippen MR) is 88.2 cm³/mol. The van der Waals surface area contributed by atoms with E-state index in [1.807, 2.05) is 5.43 Å². The number of nitro benzene ring substituents is 1. The number of non-ortho nitro benzene ring substituents is 1. The van der Waals surface area contributed by atoms with Gasteiger partial charge in [-0.25, -0.2) is 0 Å². The number of aliphatic hydroxyl groups excluding tert-OH is 1. The number of aliphatic hydroxyl groups is 1. The molecule has 0 aliphatic carbocycles. The number of carbonyl (C=O) groups is 2. The fourth-order valence-corrected chi connectivity index (χ4v) is 2.36. The zero-order valence-corrected chi connectivity index (χ0v) is 13.2. The van der Waals surface area contributed by atoms with Crippen LogP contribution in [0, 0.1) is 21.4 Å². The van der Waals surface area contributed by atoms with Crippen molar-refractivity contribution >= 4 is 34.6 Å². The Hall–Kier alpha value is -3.71. The molecule has 0 aliphatic rings. The largest absolute Gasteiger partial charge is 0.506 e. The first-order chi connectivity index (χ1) is 11.9. The van der Waals surface area contributed by atoms with Gasteiger partial charge in [0.15, 0.2) is 5.57 Å². The Bertz CT molecular complexity index is 882. The molecule has 0 spiro atoms. The highest BCUT2D eigenvalue weighted by molar-refractivity contribution is 7.12. The maximum absolute atomic E-state index is 12.0. The van der Waals surface area contributed by atoms with Gasteiger partial charge in [0, 0.05) is 17.7 Å². The highest BCUT2D eigenvalue weighted by atomic mass is 32.1. The molecule has 0 unspecified atom stereocenters. The van der Waals surface area contributed by atoms with Crippen LogP contribution < -0.4 is 10.9 Å². The van der Waals surface area contributed by atoms with Gasteiger partial charge in [-0.1, -0.05) is 6.07 Å². The molecule has 2 aromatic rings. The van der Waals surface area contributed by atoms with Crippen LogP contribution in [0.5, 0.6) is 0 Å². The molecular weight excluding hydrogens is 348 g/mol. The van der Waals surface area contributed by atoms with Crippen LogP contribution >= 0.6 is 11.3 Å². The number of amides is 2. The number of nitrogens with zero attached hydrogens (tertiary/aromatic N) is 2. The second kappa shape index (κ2) is 7.71. The third-order valence-corrected chi connectivity index (χ3v) is 3.83.